The third kappa shape index (κ3) is 6.02. The van der Waals surface area contributed by atoms with Crippen LogP contribution in [0.3, 0.4) is 0 Å². The number of piperazine rings is 1. The molecule has 12 heteroatoms. The van der Waals surface area contributed by atoms with Gasteiger partial charge in [-0.3, -0.25) is 23.7 Å². The minimum atomic E-state index is -0.837. The van der Waals surface area contributed by atoms with Crippen molar-refractivity contribution in [3.8, 4) is 0 Å². The summed E-state index contributed by atoms with van der Waals surface area (Å²) < 4.78 is 15.3. The molecule has 0 saturated carbocycles. The fourth-order valence-electron chi connectivity index (χ4n) is 4.83. The van der Waals surface area contributed by atoms with Crippen LogP contribution < -0.4 is 15.4 Å². The Hall–Kier alpha value is -3.77. The Morgan fingerprint density at radius 2 is 1.75 bits per heavy atom. The Bertz CT molecular complexity index is 1530. The number of hydrogen-bond donors (Lipinski definition) is 1. The van der Waals surface area contributed by atoms with E-state index < -0.39 is 5.97 Å². The Balaban J connectivity index is 1.39. The van der Waals surface area contributed by atoms with Crippen LogP contribution in [0.4, 0.5) is 15.9 Å². The number of rotatable bonds is 9. The Kier molecular flexibility index (Phi) is 8.46. The number of fused-ring (bicyclic) bond motifs is 1. The second kappa shape index (κ2) is 12.2. The van der Waals surface area contributed by atoms with Gasteiger partial charge in [0.2, 0.25) is 0 Å². The van der Waals surface area contributed by atoms with Crippen LogP contribution in [-0.4, -0.2) is 68.3 Å². The van der Waals surface area contributed by atoms with Crippen LogP contribution in [0.25, 0.3) is 11.7 Å². The predicted octanol–water partition coefficient (Wildman–Crippen LogP) is 4.01. The van der Waals surface area contributed by atoms with Gasteiger partial charge >= 0.3 is 5.97 Å². The first kappa shape index (κ1) is 27.8. The summed E-state index contributed by atoms with van der Waals surface area (Å²) in [5.74, 6) is -0.875. The fourth-order valence-corrected chi connectivity index (χ4v) is 6.12. The standard InChI is InChI=1S/C28H28FN5O4S2/c29-19-8-10-20(11-9-19)31-14-16-32(17-15-31)25-21(26(37)33-12-5-3-6-23(33)30-25)18-22-27(38)34(28(39)40-22)13-4-1-2-7-24(35)36/h3,5-6,8-12,18H,1-2,4,7,13-17H2,(H,35,36)/b22-18+. The molecular weight excluding hydrogens is 553 g/mol. The molecule has 40 heavy (non-hydrogen) atoms. The van der Waals surface area contributed by atoms with E-state index in [4.69, 9.17) is 22.3 Å². The number of carbonyl (C=O) groups excluding carboxylic acids is 1. The number of anilines is 2. The number of nitrogens with zero attached hydrogens (tertiary/aromatic N) is 5. The van der Waals surface area contributed by atoms with Crippen molar-refractivity contribution >= 4 is 63.4 Å². The third-order valence-electron chi connectivity index (χ3n) is 6.94. The van der Waals surface area contributed by atoms with Gasteiger partial charge in [-0.25, -0.2) is 9.37 Å². The zero-order chi connectivity index (χ0) is 28.2. The molecule has 0 unspecified atom stereocenters. The summed E-state index contributed by atoms with van der Waals surface area (Å²) in [6, 6.07) is 11.7. The molecule has 1 amide bonds. The van der Waals surface area contributed by atoms with Crippen molar-refractivity contribution in [2.24, 2.45) is 0 Å². The monoisotopic (exact) mass is 581 g/mol. The number of thiocarbonyl (C=S) groups is 1. The molecule has 2 aromatic heterocycles. The van der Waals surface area contributed by atoms with Crippen LogP contribution in [0.1, 0.15) is 31.2 Å². The van der Waals surface area contributed by atoms with E-state index >= 15 is 0 Å². The molecule has 0 atom stereocenters. The van der Waals surface area contributed by atoms with Crippen molar-refractivity contribution in [2.75, 3.05) is 42.5 Å². The first-order chi connectivity index (χ1) is 19.3. The summed E-state index contributed by atoms with van der Waals surface area (Å²) in [7, 11) is 0. The van der Waals surface area contributed by atoms with Crippen molar-refractivity contribution in [3.05, 3.63) is 75.3 Å². The molecule has 0 radical (unpaired) electrons. The zero-order valence-electron chi connectivity index (χ0n) is 21.7. The highest BCUT2D eigenvalue weighted by atomic mass is 32.2. The van der Waals surface area contributed by atoms with Crippen molar-refractivity contribution < 1.29 is 19.1 Å². The predicted molar refractivity (Wildman–Crippen MR) is 158 cm³/mol. The summed E-state index contributed by atoms with van der Waals surface area (Å²) in [5, 5.41) is 8.82. The number of benzene rings is 1. The molecule has 208 valence electrons. The maximum absolute atomic E-state index is 13.7. The lowest BCUT2D eigenvalue weighted by Crippen LogP contribution is -2.47. The highest BCUT2D eigenvalue weighted by Gasteiger charge is 2.33. The van der Waals surface area contributed by atoms with E-state index in [2.05, 4.69) is 4.90 Å². The number of aromatic nitrogens is 2. The summed E-state index contributed by atoms with van der Waals surface area (Å²) in [6.07, 6.45) is 5.19. The van der Waals surface area contributed by atoms with Gasteiger partial charge in [0.05, 0.1) is 10.5 Å². The van der Waals surface area contributed by atoms with E-state index in [-0.39, 0.29) is 23.7 Å². The zero-order valence-corrected chi connectivity index (χ0v) is 23.3. The first-order valence-electron chi connectivity index (χ1n) is 13.1. The lowest BCUT2D eigenvalue weighted by molar-refractivity contribution is -0.137. The molecule has 2 aliphatic rings. The molecule has 1 N–H and O–H groups in total. The quantitative estimate of drug-likeness (QED) is 0.228. The van der Waals surface area contributed by atoms with Gasteiger partial charge < -0.3 is 14.9 Å². The van der Waals surface area contributed by atoms with E-state index in [0.717, 1.165) is 17.4 Å². The topological polar surface area (TPSA) is 98.5 Å². The minimum Gasteiger partial charge on any atom is -0.481 e. The first-order valence-corrected chi connectivity index (χ1v) is 14.3. The summed E-state index contributed by atoms with van der Waals surface area (Å²) in [6.45, 7) is 2.89. The highest BCUT2D eigenvalue weighted by molar-refractivity contribution is 8.26. The number of aliphatic carboxylic acids is 1. The Labute approximate surface area is 239 Å². The minimum absolute atomic E-state index is 0.0954. The number of amides is 1. The maximum Gasteiger partial charge on any atom is 0.303 e. The number of thioether (sulfide) groups is 1. The van der Waals surface area contributed by atoms with E-state index in [0.29, 0.717) is 78.2 Å². The van der Waals surface area contributed by atoms with Gasteiger partial charge in [-0.1, -0.05) is 36.5 Å². The van der Waals surface area contributed by atoms with Gasteiger partial charge in [0.25, 0.3) is 11.5 Å². The molecular formula is C28H28FN5O4S2. The molecule has 3 aromatic rings. The number of carboxylic acids is 1. The van der Waals surface area contributed by atoms with Crippen LogP contribution in [0, 0.1) is 5.82 Å². The fraction of sp³-hybridized carbons (Fsp3) is 0.321. The molecule has 0 bridgehead atoms. The molecule has 2 fully saturated rings. The molecule has 5 rings (SSSR count). The van der Waals surface area contributed by atoms with E-state index in [1.165, 1.54) is 21.4 Å². The molecule has 4 heterocycles. The van der Waals surface area contributed by atoms with E-state index in [1.54, 1.807) is 36.5 Å². The SMILES string of the molecule is O=C(O)CCCCCN1C(=O)/C(=C\c2c(N3CCN(c4ccc(F)cc4)CC3)nc3ccccn3c2=O)SC1=S. The molecule has 2 aliphatic heterocycles. The van der Waals surface area contributed by atoms with Gasteiger partial charge in [-0.05, 0) is 55.3 Å². The van der Waals surface area contributed by atoms with Crippen LogP contribution >= 0.6 is 24.0 Å². The normalized spacial score (nSPS) is 16.9. The number of unbranched alkanes of at least 4 members (excludes halogenated alkanes) is 2. The van der Waals surface area contributed by atoms with Crippen LogP contribution in [0.2, 0.25) is 0 Å². The average molecular weight is 582 g/mol. The van der Waals surface area contributed by atoms with Gasteiger partial charge in [0.15, 0.2) is 0 Å². The number of hydrogen-bond acceptors (Lipinski definition) is 8. The summed E-state index contributed by atoms with van der Waals surface area (Å²) in [5.41, 5.74) is 1.48. The lowest BCUT2D eigenvalue weighted by Gasteiger charge is -2.37. The number of carbonyl (C=O) groups is 2. The average Bonchev–Trinajstić information content (AvgIpc) is 3.22. The molecule has 2 saturated heterocycles. The molecule has 0 aliphatic carbocycles. The Morgan fingerprint density at radius 3 is 2.48 bits per heavy atom. The third-order valence-corrected chi connectivity index (χ3v) is 8.32. The molecule has 0 spiro atoms. The van der Waals surface area contributed by atoms with Crippen LogP contribution in [0.5, 0.6) is 0 Å². The number of pyridine rings is 1. The van der Waals surface area contributed by atoms with E-state index in [1.807, 2.05) is 11.0 Å². The summed E-state index contributed by atoms with van der Waals surface area (Å²) in [4.78, 5) is 48.5. The van der Waals surface area contributed by atoms with Crippen LogP contribution in [0.15, 0.2) is 58.4 Å². The van der Waals surface area contributed by atoms with Gasteiger partial charge in [-0.15, -0.1) is 0 Å². The maximum atomic E-state index is 13.7. The van der Waals surface area contributed by atoms with Crippen molar-refractivity contribution in [1.82, 2.24) is 14.3 Å². The van der Waals surface area contributed by atoms with Crippen LogP contribution in [-0.2, 0) is 9.59 Å². The molecule has 9 nitrogen and oxygen atoms in total. The molecule has 1 aromatic carbocycles. The smallest absolute Gasteiger partial charge is 0.303 e. The van der Waals surface area contributed by atoms with Gasteiger partial charge in [-0.2, -0.15) is 0 Å². The van der Waals surface area contributed by atoms with Gasteiger partial charge in [0.1, 0.15) is 21.6 Å². The van der Waals surface area contributed by atoms with Crippen molar-refractivity contribution in [2.45, 2.75) is 25.7 Å². The number of halogens is 1. The largest absolute Gasteiger partial charge is 0.481 e. The second-order valence-corrected chi connectivity index (χ2v) is 11.2. The van der Waals surface area contributed by atoms with Crippen molar-refractivity contribution in [1.29, 1.82) is 0 Å². The number of carboxylic acid groups (broad SMARTS) is 1. The Morgan fingerprint density at radius 1 is 1.02 bits per heavy atom. The second-order valence-electron chi connectivity index (χ2n) is 9.57. The lowest BCUT2D eigenvalue weighted by atomic mass is 10.2. The highest BCUT2D eigenvalue weighted by Crippen LogP contribution is 2.34. The summed E-state index contributed by atoms with van der Waals surface area (Å²) >= 11 is 6.62. The van der Waals surface area contributed by atoms with E-state index in [9.17, 15) is 18.8 Å². The van der Waals surface area contributed by atoms with Crippen molar-refractivity contribution in [3.63, 3.8) is 0 Å². The van der Waals surface area contributed by atoms with Gasteiger partial charge in [0, 0.05) is 51.0 Å².